The third-order valence-electron chi connectivity index (χ3n) is 8.67. The van der Waals surface area contributed by atoms with Gasteiger partial charge >= 0.3 is 5.97 Å². The number of hydrogen-bond acceptors (Lipinski definition) is 5. The normalized spacial score (nSPS) is 30.0. The average molecular weight is 472 g/mol. The van der Waals surface area contributed by atoms with E-state index in [-0.39, 0.29) is 29.8 Å². The Hall–Kier alpha value is -2.28. The molecule has 0 aromatic heterocycles. The van der Waals surface area contributed by atoms with E-state index in [0.29, 0.717) is 36.9 Å². The van der Waals surface area contributed by atoms with Gasteiger partial charge in [-0.05, 0) is 50.7 Å². The number of carbonyl (C=O) groups is 2. The number of rotatable bonds is 6. The molecule has 3 atom stereocenters. The molecule has 1 saturated carbocycles. The summed E-state index contributed by atoms with van der Waals surface area (Å²) >= 11 is 0. The molecule has 3 fully saturated rings. The van der Waals surface area contributed by atoms with E-state index in [9.17, 15) is 14.7 Å². The van der Waals surface area contributed by atoms with Crippen molar-refractivity contribution in [3.63, 3.8) is 0 Å². The number of benzene rings is 1. The number of likely N-dealkylation sites (tertiary alicyclic amines) is 1. The van der Waals surface area contributed by atoms with Gasteiger partial charge in [0, 0.05) is 48.9 Å². The Morgan fingerprint density at radius 2 is 1.97 bits per heavy atom. The quantitative estimate of drug-likeness (QED) is 0.653. The summed E-state index contributed by atoms with van der Waals surface area (Å²) in [5.41, 5.74) is 0.266. The number of ether oxygens (including phenoxy) is 3. The number of fused-ring (bicyclic) bond motifs is 3. The van der Waals surface area contributed by atoms with Gasteiger partial charge in [0.05, 0.1) is 19.8 Å². The third kappa shape index (κ3) is 4.39. The highest BCUT2D eigenvalue weighted by Gasteiger charge is 2.57. The molecule has 2 saturated heterocycles. The molecule has 0 radical (unpaired) electrons. The van der Waals surface area contributed by atoms with Crippen LogP contribution in [-0.4, -0.2) is 54.3 Å². The first-order valence-electron chi connectivity index (χ1n) is 12.8. The van der Waals surface area contributed by atoms with E-state index in [0.717, 1.165) is 25.1 Å². The van der Waals surface area contributed by atoms with Gasteiger partial charge in [-0.3, -0.25) is 9.59 Å². The highest BCUT2D eigenvalue weighted by molar-refractivity contribution is 5.77. The van der Waals surface area contributed by atoms with Crippen LogP contribution in [0.4, 0.5) is 0 Å². The minimum absolute atomic E-state index is 0.0251. The highest BCUT2D eigenvalue weighted by atomic mass is 16.5. The summed E-state index contributed by atoms with van der Waals surface area (Å²) < 4.78 is 18.4. The van der Waals surface area contributed by atoms with Gasteiger partial charge in [0.15, 0.2) is 0 Å². The van der Waals surface area contributed by atoms with Gasteiger partial charge in [0.1, 0.15) is 17.1 Å². The summed E-state index contributed by atoms with van der Waals surface area (Å²) in [4.78, 5) is 26.3. The Morgan fingerprint density at radius 1 is 1.21 bits per heavy atom. The molecule has 1 amide bonds. The standard InChI is InChI=1S/C27H37NO6/c1-26(11-10-24(30)31)21-14-27(15-28(16-27)23(29)12-18-6-4-3-5-7-18)17-33-25(21)20-9-8-19(32-2)13-22(20)34-26/h8-9,13,18,21,25H,3-7,10-12,14-17H2,1-2H3,(H,30,31)/t21-,25+,26-/m0/s1. The van der Waals surface area contributed by atoms with Crippen molar-refractivity contribution in [3.8, 4) is 11.5 Å². The van der Waals surface area contributed by atoms with Crippen LogP contribution in [0.25, 0.3) is 0 Å². The zero-order valence-electron chi connectivity index (χ0n) is 20.4. The fourth-order valence-corrected chi connectivity index (χ4v) is 6.67. The summed E-state index contributed by atoms with van der Waals surface area (Å²) in [6, 6.07) is 5.79. The summed E-state index contributed by atoms with van der Waals surface area (Å²) in [5, 5.41) is 9.37. The van der Waals surface area contributed by atoms with Crippen molar-refractivity contribution >= 4 is 11.9 Å². The molecule has 7 heteroatoms. The number of methoxy groups -OCH3 is 1. The molecule has 7 nitrogen and oxygen atoms in total. The van der Waals surface area contributed by atoms with Gasteiger partial charge in [-0.1, -0.05) is 19.3 Å². The topological polar surface area (TPSA) is 85.3 Å². The van der Waals surface area contributed by atoms with E-state index >= 15 is 0 Å². The van der Waals surface area contributed by atoms with E-state index < -0.39 is 11.6 Å². The molecule has 34 heavy (non-hydrogen) atoms. The van der Waals surface area contributed by atoms with Crippen molar-refractivity contribution in [1.82, 2.24) is 4.90 Å². The van der Waals surface area contributed by atoms with Crippen LogP contribution in [0.2, 0.25) is 0 Å². The van der Waals surface area contributed by atoms with Gasteiger partial charge in [0.25, 0.3) is 0 Å². The average Bonchev–Trinajstić information content (AvgIpc) is 2.81. The number of carbonyl (C=O) groups excluding carboxylic acids is 1. The molecule has 5 rings (SSSR count). The lowest BCUT2D eigenvalue weighted by atomic mass is 9.63. The number of hydrogen-bond donors (Lipinski definition) is 1. The lowest BCUT2D eigenvalue weighted by molar-refractivity contribution is -0.206. The second kappa shape index (κ2) is 9.06. The number of aliphatic carboxylic acids is 1. The van der Waals surface area contributed by atoms with E-state index in [1.54, 1.807) is 7.11 Å². The molecule has 186 valence electrons. The molecule has 1 aliphatic carbocycles. The van der Waals surface area contributed by atoms with Crippen molar-refractivity contribution in [1.29, 1.82) is 0 Å². The smallest absolute Gasteiger partial charge is 0.303 e. The van der Waals surface area contributed by atoms with Gasteiger partial charge in [0.2, 0.25) is 5.91 Å². The number of amides is 1. The molecule has 3 heterocycles. The maximum atomic E-state index is 12.9. The molecule has 1 aromatic carbocycles. The van der Waals surface area contributed by atoms with Crippen LogP contribution in [0, 0.1) is 17.3 Å². The molecule has 1 aromatic rings. The first-order valence-corrected chi connectivity index (χ1v) is 12.8. The molecule has 0 unspecified atom stereocenters. The summed E-state index contributed by atoms with van der Waals surface area (Å²) in [7, 11) is 1.62. The summed E-state index contributed by atoms with van der Waals surface area (Å²) in [6.07, 6.45) is 8.01. The highest BCUT2D eigenvalue weighted by Crippen LogP contribution is 2.56. The van der Waals surface area contributed by atoms with Crippen molar-refractivity contribution in [2.24, 2.45) is 17.3 Å². The lowest BCUT2D eigenvalue weighted by Gasteiger charge is -2.59. The number of carboxylic acids is 1. The van der Waals surface area contributed by atoms with Crippen LogP contribution < -0.4 is 9.47 Å². The largest absolute Gasteiger partial charge is 0.497 e. The minimum Gasteiger partial charge on any atom is -0.497 e. The second-order valence-electron chi connectivity index (χ2n) is 11.2. The van der Waals surface area contributed by atoms with Gasteiger partial charge in [-0.15, -0.1) is 0 Å². The molecule has 0 bridgehead atoms. The van der Waals surface area contributed by atoms with Gasteiger partial charge in [-0.2, -0.15) is 0 Å². The van der Waals surface area contributed by atoms with Crippen LogP contribution in [0.15, 0.2) is 18.2 Å². The van der Waals surface area contributed by atoms with Crippen LogP contribution in [-0.2, 0) is 14.3 Å². The first-order chi connectivity index (χ1) is 16.3. The monoisotopic (exact) mass is 471 g/mol. The van der Waals surface area contributed by atoms with Crippen LogP contribution >= 0.6 is 0 Å². The SMILES string of the molecule is COc1ccc2c(c1)O[C@@](C)(CCC(=O)O)[C@H]1CC3(CO[C@H]21)CN(C(=O)CC1CCCCC1)C3. The maximum Gasteiger partial charge on any atom is 0.303 e. The Balaban J connectivity index is 1.31. The molecular weight excluding hydrogens is 434 g/mol. The molecule has 1 N–H and O–H groups in total. The van der Waals surface area contributed by atoms with Gasteiger partial charge in [-0.25, -0.2) is 0 Å². The number of nitrogens with zero attached hydrogens (tertiary/aromatic N) is 1. The zero-order chi connectivity index (χ0) is 23.9. The fourth-order valence-electron chi connectivity index (χ4n) is 6.67. The maximum absolute atomic E-state index is 12.9. The van der Waals surface area contributed by atoms with Crippen LogP contribution in [0.5, 0.6) is 11.5 Å². The number of carboxylic acid groups (broad SMARTS) is 1. The van der Waals surface area contributed by atoms with Crippen molar-refractivity contribution in [2.75, 3.05) is 26.8 Å². The summed E-state index contributed by atoms with van der Waals surface area (Å²) in [5.74, 6) is 1.44. The summed E-state index contributed by atoms with van der Waals surface area (Å²) in [6.45, 7) is 4.09. The first kappa shape index (κ1) is 23.5. The predicted octanol–water partition coefficient (Wildman–Crippen LogP) is 4.59. The zero-order valence-corrected chi connectivity index (χ0v) is 20.4. The van der Waals surface area contributed by atoms with Gasteiger partial charge < -0.3 is 24.2 Å². The van der Waals surface area contributed by atoms with Crippen LogP contribution in [0.3, 0.4) is 0 Å². The van der Waals surface area contributed by atoms with Crippen LogP contribution in [0.1, 0.15) is 76.4 Å². The Kier molecular flexibility index (Phi) is 6.25. The lowest BCUT2D eigenvalue weighted by Crippen LogP contribution is -2.65. The van der Waals surface area contributed by atoms with E-state index in [1.807, 2.05) is 30.0 Å². The third-order valence-corrected chi connectivity index (χ3v) is 8.67. The van der Waals surface area contributed by atoms with Crippen molar-refractivity contribution in [3.05, 3.63) is 23.8 Å². The Morgan fingerprint density at radius 3 is 2.68 bits per heavy atom. The second-order valence-corrected chi connectivity index (χ2v) is 11.2. The molecule has 3 aliphatic heterocycles. The predicted molar refractivity (Wildman–Crippen MR) is 126 cm³/mol. The van der Waals surface area contributed by atoms with E-state index in [2.05, 4.69) is 0 Å². The Labute approximate surface area is 201 Å². The molecule has 4 aliphatic rings. The Bertz CT molecular complexity index is 935. The van der Waals surface area contributed by atoms with Crippen molar-refractivity contribution in [2.45, 2.75) is 76.4 Å². The molecular formula is C27H37NO6. The molecule has 1 spiro atoms. The minimum atomic E-state index is -0.826. The van der Waals surface area contributed by atoms with E-state index in [1.165, 1.54) is 32.1 Å². The fraction of sp³-hybridized carbons (Fsp3) is 0.704. The van der Waals surface area contributed by atoms with Crippen molar-refractivity contribution < 1.29 is 28.9 Å². The van der Waals surface area contributed by atoms with E-state index in [4.69, 9.17) is 14.2 Å².